The van der Waals surface area contributed by atoms with Gasteiger partial charge in [-0.15, -0.1) is 0 Å². The molecule has 3 heterocycles. The first-order valence-electron chi connectivity index (χ1n) is 15.3. The Labute approximate surface area is 249 Å². The van der Waals surface area contributed by atoms with Gasteiger partial charge in [0, 0.05) is 76.8 Å². The minimum Gasteiger partial charge on any atom is -0.496 e. The van der Waals surface area contributed by atoms with E-state index in [4.69, 9.17) is 9.47 Å². The Hall–Kier alpha value is -3.59. The number of nitrogens with zero attached hydrogens (tertiary/aromatic N) is 4. The highest BCUT2D eigenvalue weighted by Crippen LogP contribution is 2.32. The van der Waals surface area contributed by atoms with Crippen molar-refractivity contribution in [3.8, 4) is 11.5 Å². The highest BCUT2D eigenvalue weighted by Gasteiger charge is 2.35. The third-order valence-corrected chi connectivity index (χ3v) is 9.05. The van der Waals surface area contributed by atoms with E-state index in [1.54, 1.807) is 18.9 Å². The normalized spacial score (nSPS) is 22.2. The summed E-state index contributed by atoms with van der Waals surface area (Å²) in [5.74, 6) is 2.49. The van der Waals surface area contributed by atoms with Crippen LogP contribution in [-0.2, 0) is 27.5 Å². The summed E-state index contributed by atoms with van der Waals surface area (Å²) in [6.07, 6.45) is 3.10. The van der Waals surface area contributed by atoms with Gasteiger partial charge in [-0.25, -0.2) is 0 Å². The number of hydrogen-bond acceptors (Lipinski definition) is 6. The summed E-state index contributed by atoms with van der Waals surface area (Å²) in [6.45, 7) is 7.36. The molecule has 0 N–H and O–H groups in total. The molecule has 0 aromatic heterocycles. The quantitative estimate of drug-likeness (QED) is 0.543. The molecule has 226 valence electrons. The molecule has 0 unspecified atom stereocenters. The molecule has 5 rings (SSSR count). The van der Waals surface area contributed by atoms with E-state index in [1.165, 1.54) is 0 Å². The highest BCUT2D eigenvalue weighted by atomic mass is 16.5. The van der Waals surface area contributed by atoms with Crippen molar-refractivity contribution in [3.63, 3.8) is 0 Å². The highest BCUT2D eigenvalue weighted by molar-refractivity contribution is 5.79. The van der Waals surface area contributed by atoms with Gasteiger partial charge in [0.05, 0.1) is 20.3 Å². The van der Waals surface area contributed by atoms with Crippen molar-refractivity contribution in [3.05, 3.63) is 59.7 Å². The number of carbonyl (C=O) groups excluding carboxylic acids is 3. The smallest absolute Gasteiger partial charge is 0.236 e. The van der Waals surface area contributed by atoms with E-state index >= 15 is 0 Å². The average molecular weight is 577 g/mol. The zero-order valence-electron chi connectivity index (χ0n) is 25.0. The molecule has 2 atom stereocenters. The third kappa shape index (κ3) is 7.43. The van der Waals surface area contributed by atoms with Crippen molar-refractivity contribution >= 4 is 17.7 Å². The number of methoxy groups -OCH3 is 1. The zero-order chi connectivity index (χ0) is 29.5. The lowest BCUT2D eigenvalue weighted by Gasteiger charge is -2.40. The van der Waals surface area contributed by atoms with Crippen LogP contribution in [0.3, 0.4) is 0 Å². The summed E-state index contributed by atoms with van der Waals surface area (Å²) in [5, 5.41) is 0. The molecule has 2 aromatic carbocycles. The Kier molecular flexibility index (Phi) is 10.00. The van der Waals surface area contributed by atoms with E-state index in [-0.39, 0.29) is 29.6 Å². The van der Waals surface area contributed by atoms with Crippen LogP contribution in [0.1, 0.15) is 43.7 Å². The second-order valence-electron chi connectivity index (χ2n) is 11.8. The SMILES string of the molecule is COc1ccccc1CN1CC(=O)N2CC[C@@H](CC(=O)N3CCN(C(C)=O)CC3)[C@@H](CCCOc3ccccc3C1)C2. The standard InChI is InChI=1S/C33H44N4O5/c1-25(38)35-15-17-36(18-16-35)32(39)20-26-13-14-37-23-27(26)10-7-19-42-31-12-6-4-9-29(31)22-34(24-33(37)40)21-28-8-3-5-11-30(28)41-2/h3-6,8-9,11-12,26-27H,7,10,13-24H2,1-2H3/t26-,27-/m0/s1. The van der Waals surface area contributed by atoms with Crippen LogP contribution in [0.5, 0.6) is 11.5 Å². The van der Waals surface area contributed by atoms with Gasteiger partial charge in [0.2, 0.25) is 17.7 Å². The van der Waals surface area contributed by atoms with E-state index < -0.39 is 0 Å². The van der Waals surface area contributed by atoms with Gasteiger partial charge in [0.15, 0.2) is 0 Å². The number of rotatable bonds is 5. The number of hydrogen-bond donors (Lipinski definition) is 0. The predicted molar refractivity (Wildman–Crippen MR) is 160 cm³/mol. The van der Waals surface area contributed by atoms with Crippen LogP contribution >= 0.6 is 0 Å². The maximum atomic E-state index is 13.8. The third-order valence-electron chi connectivity index (χ3n) is 9.05. The van der Waals surface area contributed by atoms with Crippen molar-refractivity contribution in [1.29, 1.82) is 0 Å². The molecular formula is C33H44N4O5. The largest absolute Gasteiger partial charge is 0.496 e. The number of piperazine rings is 1. The Morgan fingerprint density at radius 2 is 1.67 bits per heavy atom. The van der Waals surface area contributed by atoms with Gasteiger partial charge in [0.1, 0.15) is 11.5 Å². The number of benzene rings is 2. The van der Waals surface area contributed by atoms with Crippen LogP contribution in [0.15, 0.2) is 48.5 Å². The maximum Gasteiger partial charge on any atom is 0.236 e. The molecule has 42 heavy (non-hydrogen) atoms. The Balaban J connectivity index is 1.30. The van der Waals surface area contributed by atoms with Crippen molar-refractivity contribution in [2.45, 2.75) is 45.7 Å². The van der Waals surface area contributed by atoms with Crippen LogP contribution in [0.25, 0.3) is 0 Å². The molecular weight excluding hydrogens is 532 g/mol. The monoisotopic (exact) mass is 576 g/mol. The minimum absolute atomic E-state index is 0.0643. The molecule has 0 saturated carbocycles. The average Bonchev–Trinajstić information content (AvgIpc) is 3.01. The van der Waals surface area contributed by atoms with Crippen molar-refractivity contribution in [2.75, 3.05) is 59.5 Å². The summed E-state index contributed by atoms with van der Waals surface area (Å²) >= 11 is 0. The Morgan fingerprint density at radius 1 is 0.929 bits per heavy atom. The molecule has 9 heteroatoms. The molecule has 9 nitrogen and oxygen atoms in total. The van der Waals surface area contributed by atoms with Gasteiger partial charge in [0.25, 0.3) is 0 Å². The fraction of sp³-hybridized carbons (Fsp3) is 0.545. The maximum absolute atomic E-state index is 13.8. The van der Waals surface area contributed by atoms with E-state index in [9.17, 15) is 14.4 Å². The molecule has 3 aliphatic heterocycles. The topological polar surface area (TPSA) is 82.6 Å². The van der Waals surface area contributed by atoms with E-state index in [0.717, 1.165) is 41.9 Å². The molecule has 3 amide bonds. The molecule has 0 spiro atoms. The zero-order valence-corrected chi connectivity index (χ0v) is 25.0. The van der Waals surface area contributed by atoms with Gasteiger partial charge in [-0.1, -0.05) is 36.4 Å². The summed E-state index contributed by atoms with van der Waals surface area (Å²) in [5.41, 5.74) is 2.10. The van der Waals surface area contributed by atoms with Gasteiger partial charge < -0.3 is 24.2 Å². The number of piperidine rings is 1. The van der Waals surface area contributed by atoms with Crippen LogP contribution in [0.2, 0.25) is 0 Å². The van der Waals surface area contributed by atoms with Gasteiger partial charge in [-0.05, 0) is 43.2 Å². The summed E-state index contributed by atoms with van der Waals surface area (Å²) < 4.78 is 11.9. The first-order chi connectivity index (χ1) is 20.4. The molecule has 2 fully saturated rings. The summed E-state index contributed by atoms with van der Waals surface area (Å²) in [7, 11) is 1.67. The second-order valence-corrected chi connectivity index (χ2v) is 11.8. The van der Waals surface area contributed by atoms with E-state index in [0.29, 0.717) is 71.9 Å². The summed E-state index contributed by atoms with van der Waals surface area (Å²) in [6, 6.07) is 16.0. The Bertz CT molecular complexity index is 1240. The predicted octanol–water partition coefficient (Wildman–Crippen LogP) is 3.42. The van der Waals surface area contributed by atoms with Crippen LogP contribution in [0, 0.1) is 11.8 Å². The van der Waals surface area contributed by atoms with Gasteiger partial charge in [-0.2, -0.15) is 0 Å². The molecule has 3 aliphatic rings. The number of para-hydroxylation sites is 2. The molecule has 2 bridgehead atoms. The molecule has 0 aliphatic carbocycles. The lowest BCUT2D eigenvalue weighted by molar-refractivity contribution is -0.140. The van der Waals surface area contributed by atoms with Crippen molar-refractivity contribution < 1.29 is 23.9 Å². The number of amides is 3. The Morgan fingerprint density at radius 3 is 2.45 bits per heavy atom. The number of fused-ring (bicyclic) bond motifs is 3. The van der Waals surface area contributed by atoms with Gasteiger partial charge >= 0.3 is 0 Å². The summed E-state index contributed by atoms with van der Waals surface area (Å²) in [4.78, 5) is 46.7. The van der Waals surface area contributed by atoms with Crippen LogP contribution < -0.4 is 9.47 Å². The van der Waals surface area contributed by atoms with Crippen LogP contribution in [-0.4, -0.2) is 96.9 Å². The van der Waals surface area contributed by atoms with Crippen molar-refractivity contribution in [2.24, 2.45) is 11.8 Å². The second kappa shape index (κ2) is 14.1. The lowest BCUT2D eigenvalue weighted by atomic mass is 9.80. The fourth-order valence-electron chi connectivity index (χ4n) is 6.60. The van der Waals surface area contributed by atoms with Crippen LogP contribution in [0.4, 0.5) is 0 Å². The number of carbonyl (C=O) groups is 3. The lowest BCUT2D eigenvalue weighted by Crippen LogP contribution is -2.51. The molecule has 0 radical (unpaired) electrons. The molecule has 2 saturated heterocycles. The fourth-order valence-corrected chi connectivity index (χ4v) is 6.60. The van der Waals surface area contributed by atoms with E-state index in [2.05, 4.69) is 11.0 Å². The molecule has 2 aromatic rings. The first-order valence-corrected chi connectivity index (χ1v) is 15.3. The van der Waals surface area contributed by atoms with Gasteiger partial charge in [-0.3, -0.25) is 19.3 Å². The first kappa shape index (κ1) is 29.9. The van der Waals surface area contributed by atoms with Crippen molar-refractivity contribution in [1.82, 2.24) is 19.6 Å². The number of ether oxygens (including phenoxy) is 2. The van der Waals surface area contributed by atoms with E-state index in [1.807, 2.05) is 52.3 Å². The minimum atomic E-state index is 0.0643.